The van der Waals surface area contributed by atoms with Crippen LogP contribution >= 0.6 is 0 Å². The van der Waals surface area contributed by atoms with E-state index >= 15 is 0 Å². The number of ether oxygens (including phenoxy) is 1. The largest absolute Gasteiger partial charge is 1.00 e. The van der Waals surface area contributed by atoms with Crippen LogP contribution in [-0.2, 0) is 14.9 Å². The fourth-order valence-corrected chi connectivity index (χ4v) is 2.36. The van der Waals surface area contributed by atoms with Gasteiger partial charge in [0.15, 0.2) is 5.44 Å². The zero-order chi connectivity index (χ0) is 14.9. The summed E-state index contributed by atoms with van der Waals surface area (Å²) in [6.07, 6.45) is 0.331. The van der Waals surface area contributed by atoms with E-state index in [1.807, 2.05) is 0 Å². The predicted molar refractivity (Wildman–Crippen MR) is 63.2 cm³/mol. The Morgan fingerprint density at radius 2 is 1.50 bits per heavy atom. The molecule has 20 heavy (non-hydrogen) atoms. The maximum atomic E-state index is 11.9. The van der Waals surface area contributed by atoms with Gasteiger partial charge in [0, 0.05) is 0 Å². The summed E-state index contributed by atoms with van der Waals surface area (Å²) < 4.78 is 71.0. The van der Waals surface area contributed by atoms with E-state index in [0.29, 0.717) is 6.42 Å². The molecule has 9 heteroatoms. The van der Waals surface area contributed by atoms with E-state index in [1.54, 1.807) is 0 Å². The normalized spacial score (nSPS) is 13.8. The molecule has 0 aromatic carbocycles. The second-order valence-electron chi connectivity index (χ2n) is 4.40. The van der Waals surface area contributed by atoms with Crippen molar-refractivity contribution in [3.05, 3.63) is 0 Å². The van der Waals surface area contributed by atoms with Gasteiger partial charge in [-0.2, -0.15) is 0 Å². The Bertz CT molecular complexity index is 333. The zero-order valence-corrected chi connectivity index (χ0v) is 14.7. The molecule has 0 aromatic heterocycles. The number of halogens is 3. The van der Waals surface area contributed by atoms with Gasteiger partial charge < -0.3 is 4.55 Å². The van der Waals surface area contributed by atoms with Crippen molar-refractivity contribution in [2.24, 2.45) is 0 Å². The average Bonchev–Trinajstić information content (AvgIpc) is 2.23. The van der Waals surface area contributed by atoms with Crippen molar-refractivity contribution in [1.29, 1.82) is 0 Å². The van der Waals surface area contributed by atoms with Crippen molar-refractivity contribution < 1.29 is 60.4 Å². The third-order valence-corrected chi connectivity index (χ3v) is 3.61. The molecular formula is C11H20F3NaO4S. The standard InChI is InChI=1S/C11H21F3O4S.Na/c1-2-3-4-5-6-7-8-9-10(19(15,16)17)18-11(12,13)14;/h10H,2-9H2,1H3,(H,15,16,17);/q;+1/p-1. The average molecular weight is 328 g/mol. The first kappa shape index (κ1) is 22.9. The Labute approximate surface area is 140 Å². The molecule has 0 fully saturated rings. The molecule has 0 aromatic rings. The fraction of sp³-hybridized carbons (Fsp3) is 1.00. The Hall–Kier alpha value is 0.660. The smallest absolute Gasteiger partial charge is 0.746 e. The van der Waals surface area contributed by atoms with E-state index in [2.05, 4.69) is 11.7 Å². The van der Waals surface area contributed by atoms with E-state index in [0.717, 1.165) is 32.1 Å². The third kappa shape index (κ3) is 13.6. The molecule has 1 unspecified atom stereocenters. The molecule has 0 saturated heterocycles. The first-order chi connectivity index (χ1) is 8.67. The Balaban J connectivity index is 0. The van der Waals surface area contributed by atoms with Gasteiger partial charge >= 0.3 is 35.9 Å². The summed E-state index contributed by atoms with van der Waals surface area (Å²) in [4.78, 5) is 0. The first-order valence-electron chi connectivity index (χ1n) is 6.36. The Morgan fingerprint density at radius 3 is 1.90 bits per heavy atom. The number of rotatable bonds is 10. The summed E-state index contributed by atoms with van der Waals surface area (Å²) in [5.41, 5.74) is -2.33. The van der Waals surface area contributed by atoms with E-state index < -0.39 is 28.3 Å². The van der Waals surface area contributed by atoms with Crippen molar-refractivity contribution in [2.75, 3.05) is 0 Å². The molecule has 0 aliphatic rings. The molecule has 0 radical (unpaired) electrons. The number of unbranched alkanes of at least 4 members (excludes halogenated alkanes) is 6. The minimum Gasteiger partial charge on any atom is -0.746 e. The van der Waals surface area contributed by atoms with Crippen LogP contribution in [0.5, 0.6) is 0 Å². The monoisotopic (exact) mass is 328 g/mol. The van der Waals surface area contributed by atoms with Crippen LogP contribution in [0.25, 0.3) is 0 Å². The minimum absolute atomic E-state index is 0. The predicted octanol–water partition coefficient (Wildman–Crippen LogP) is 0.539. The maximum absolute atomic E-state index is 11.9. The number of alkyl halides is 3. The van der Waals surface area contributed by atoms with Gasteiger partial charge in [-0.05, 0) is 12.8 Å². The van der Waals surface area contributed by atoms with Crippen molar-refractivity contribution in [3.8, 4) is 0 Å². The third-order valence-electron chi connectivity index (χ3n) is 2.63. The van der Waals surface area contributed by atoms with Gasteiger partial charge in [-0.25, -0.2) is 8.42 Å². The summed E-state index contributed by atoms with van der Waals surface area (Å²) in [5, 5.41) is 0. The molecule has 0 bridgehead atoms. The summed E-state index contributed by atoms with van der Waals surface area (Å²) in [6.45, 7) is 2.07. The molecule has 0 rings (SSSR count). The fourth-order valence-electron chi connectivity index (χ4n) is 1.68. The van der Waals surface area contributed by atoms with Gasteiger partial charge in [-0.1, -0.05) is 45.4 Å². The molecule has 4 nitrogen and oxygen atoms in total. The second-order valence-corrected chi connectivity index (χ2v) is 5.91. The molecule has 0 amide bonds. The summed E-state index contributed by atoms with van der Waals surface area (Å²) in [6, 6.07) is 0. The van der Waals surface area contributed by atoms with Crippen molar-refractivity contribution in [1.82, 2.24) is 0 Å². The van der Waals surface area contributed by atoms with E-state index in [-0.39, 0.29) is 36.0 Å². The van der Waals surface area contributed by atoms with Gasteiger partial charge in [0.2, 0.25) is 0 Å². The summed E-state index contributed by atoms with van der Waals surface area (Å²) >= 11 is 0. The molecule has 116 valence electrons. The molecule has 0 saturated carbocycles. The van der Waals surface area contributed by atoms with Gasteiger partial charge in [0.05, 0.1) is 0 Å². The van der Waals surface area contributed by atoms with Crippen LogP contribution in [-0.4, -0.2) is 24.8 Å². The second kappa shape index (κ2) is 11.3. The molecule has 1 atom stereocenters. The van der Waals surface area contributed by atoms with E-state index in [1.165, 1.54) is 0 Å². The van der Waals surface area contributed by atoms with Gasteiger partial charge in [-0.15, -0.1) is 13.2 Å². The quantitative estimate of drug-likeness (QED) is 0.333. The molecule has 0 aliphatic heterocycles. The van der Waals surface area contributed by atoms with Crippen LogP contribution in [0.3, 0.4) is 0 Å². The van der Waals surface area contributed by atoms with Crippen molar-refractivity contribution in [3.63, 3.8) is 0 Å². The van der Waals surface area contributed by atoms with E-state index in [9.17, 15) is 26.1 Å². The van der Waals surface area contributed by atoms with Crippen LogP contribution in [0.2, 0.25) is 0 Å². The van der Waals surface area contributed by atoms with Gasteiger partial charge in [0.1, 0.15) is 10.1 Å². The Morgan fingerprint density at radius 1 is 1.05 bits per heavy atom. The Kier molecular flexibility index (Phi) is 12.9. The van der Waals surface area contributed by atoms with Gasteiger partial charge in [-0.3, -0.25) is 4.74 Å². The van der Waals surface area contributed by atoms with Crippen LogP contribution in [0.4, 0.5) is 13.2 Å². The van der Waals surface area contributed by atoms with Crippen molar-refractivity contribution >= 4 is 10.1 Å². The number of hydrogen-bond acceptors (Lipinski definition) is 4. The van der Waals surface area contributed by atoms with Crippen LogP contribution in [0.1, 0.15) is 58.3 Å². The van der Waals surface area contributed by atoms with Crippen LogP contribution < -0.4 is 29.6 Å². The molecule has 0 aliphatic carbocycles. The van der Waals surface area contributed by atoms with Crippen LogP contribution in [0.15, 0.2) is 0 Å². The topological polar surface area (TPSA) is 66.4 Å². The minimum atomic E-state index is -5.11. The van der Waals surface area contributed by atoms with Crippen molar-refractivity contribution in [2.45, 2.75) is 70.1 Å². The van der Waals surface area contributed by atoms with Crippen LogP contribution in [0, 0.1) is 0 Å². The molecule has 0 N–H and O–H groups in total. The molecule has 0 spiro atoms. The number of hydrogen-bond donors (Lipinski definition) is 0. The SMILES string of the molecule is CCCCCCCCCC(OC(F)(F)F)S(=O)(=O)[O-].[Na+]. The summed E-state index contributed by atoms with van der Waals surface area (Å²) in [7, 11) is -5.09. The molecule has 0 heterocycles. The first-order valence-corrected chi connectivity index (χ1v) is 7.83. The van der Waals surface area contributed by atoms with Gasteiger partial charge in [0.25, 0.3) is 0 Å². The van der Waals surface area contributed by atoms with E-state index in [4.69, 9.17) is 0 Å². The zero-order valence-electron chi connectivity index (χ0n) is 11.9. The molecular weight excluding hydrogens is 308 g/mol. The maximum Gasteiger partial charge on any atom is 1.00 e. The summed E-state index contributed by atoms with van der Waals surface area (Å²) in [5.74, 6) is 0.